The number of methoxy groups -OCH3 is 1. The van der Waals surface area contributed by atoms with E-state index in [0.717, 1.165) is 23.3 Å². The molecule has 0 aromatic heterocycles. The summed E-state index contributed by atoms with van der Waals surface area (Å²) in [5.41, 5.74) is 2.25. The van der Waals surface area contributed by atoms with Crippen molar-refractivity contribution in [2.45, 2.75) is 32.7 Å². The highest BCUT2D eigenvalue weighted by Gasteiger charge is 2.20. The quantitative estimate of drug-likeness (QED) is 0.795. The smallest absolute Gasteiger partial charge is 0.303 e. The number of ether oxygens (including phenoxy) is 1. The zero-order valence-electron chi connectivity index (χ0n) is 12.1. The second-order valence-corrected chi connectivity index (χ2v) is 4.77. The van der Waals surface area contributed by atoms with E-state index in [2.05, 4.69) is 18.3 Å². The molecule has 4 nitrogen and oxygen atoms in total. The van der Waals surface area contributed by atoms with E-state index in [1.165, 1.54) is 0 Å². The van der Waals surface area contributed by atoms with Crippen LogP contribution in [0, 0.1) is 5.92 Å². The van der Waals surface area contributed by atoms with Gasteiger partial charge in [0, 0.05) is 12.5 Å². The van der Waals surface area contributed by atoms with Gasteiger partial charge in [-0.1, -0.05) is 26.0 Å². The van der Waals surface area contributed by atoms with Crippen LogP contribution in [0.2, 0.25) is 0 Å². The van der Waals surface area contributed by atoms with Crippen molar-refractivity contribution in [1.82, 2.24) is 5.32 Å². The standard InChI is InChI=1S/C15H23NO3/c1-5-11-9-12(6-7-13(11)19-4)15(16-3)10(2)8-14(17)18/h6-7,9-10,15-16H,5,8H2,1-4H3,(H,17,18). The van der Waals surface area contributed by atoms with Crippen LogP contribution in [0.5, 0.6) is 5.75 Å². The minimum Gasteiger partial charge on any atom is -0.496 e. The van der Waals surface area contributed by atoms with Crippen LogP contribution >= 0.6 is 0 Å². The lowest BCUT2D eigenvalue weighted by atomic mass is 9.90. The van der Waals surface area contributed by atoms with Gasteiger partial charge in [-0.05, 0) is 36.6 Å². The summed E-state index contributed by atoms with van der Waals surface area (Å²) in [5, 5.41) is 12.1. The molecular weight excluding hydrogens is 242 g/mol. The van der Waals surface area contributed by atoms with E-state index in [9.17, 15) is 4.79 Å². The number of benzene rings is 1. The molecule has 0 amide bonds. The fourth-order valence-corrected chi connectivity index (χ4v) is 2.44. The summed E-state index contributed by atoms with van der Waals surface area (Å²) >= 11 is 0. The highest BCUT2D eigenvalue weighted by Crippen LogP contribution is 2.28. The van der Waals surface area contributed by atoms with Crippen molar-refractivity contribution < 1.29 is 14.6 Å². The van der Waals surface area contributed by atoms with Crippen LogP contribution < -0.4 is 10.1 Å². The van der Waals surface area contributed by atoms with E-state index >= 15 is 0 Å². The highest BCUT2D eigenvalue weighted by atomic mass is 16.5. The van der Waals surface area contributed by atoms with Crippen LogP contribution in [0.4, 0.5) is 0 Å². The molecule has 2 atom stereocenters. The molecule has 106 valence electrons. The first-order chi connectivity index (χ1) is 9.03. The van der Waals surface area contributed by atoms with Crippen LogP contribution in [0.1, 0.15) is 37.4 Å². The maximum atomic E-state index is 10.8. The fourth-order valence-electron chi connectivity index (χ4n) is 2.44. The van der Waals surface area contributed by atoms with Gasteiger partial charge in [-0.15, -0.1) is 0 Å². The Hall–Kier alpha value is -1.55. The molecule has 0 fully saturated rings. The SMILES string of the molecule is CCc1cc(C(NC)C(C)CC(=O)O)ccc1OC. The fraction of sp³-hybridized carbons (Fsp3) is 0.533. The molecule has 0 heterocycles. The average Bonchev–Trinajstić information content (AvgIpc) is 2.38. The van der Waals surface area contributed by atoms with Crippen molar-refractivity contribution >= 4 is 5.97 Å². The largest absolute Gasteiger partial charge is 0.496 e. The van der Waals surface area contributed by atoms with Crippen LogP contribution in [0.25, 0.3) is 0 Å². The number of aliphatic carboxylic acids is 1. The van der Waals surface area contributed by atoms with E-state index < -0.39 is 5.97 Å². The summed E-state index contributed by atoms with van der Waals surface area (Å²) < 4.78 is 5.32. The van der Waals surface area contributed by atoms with Crippen molar-refractivity contribution in [3.05, 3.63) is 29.3 Å². The molecule has 4 heteroatoms. The molecule has 0 radical (unpaired) electrons. The average molecular weight is 265 g/mol. The number of hydrogen-bond acceptors (Lipinski definition) is 3. The Balaban J connectivity index is 3.01. The highest BCUT2D eigenvalue weighted by molar-refractivity contribution is 5.67. The first-order valence-electron chi connectivity index (χ1n) is 6.59. The van der Waals surface area contributed by atoms with Gasteiger partial charge in [-0.3, -0.25) is 4.79 Å². The van der Waals surface area contributed by atoms with Crippen molar-refractivity contribution in [1.29, 1.82) is 0 Å². The lowest BCUT2D eigenvalue weighted by Crippen LogP contribution is -2.25. The zero-order valence-corrected chi connectivity index (χ0v) is 12.1. The second kappa shape index (κ2) is 7.14. The van der Waals surface area contributed by atoms with Crippen molar-refractivity contribution in [3.63, 3.8) is 0 Å². The molecule has 0 saturated heterocycles. The van der Waals surface area contributed by atoms with Crippen molar-refractivity contribution in [3.8, 4) is 5.75 Å². The lowest BCUT2D eigenvalue weighted by Gasteiger charge is -2.24. The molecule has 0 aliphatic carbocycles. The van der Waals surface area contributed by atoms with E-state index in [1.807, 2.05) is 26.1 Å². The molecule has 1 aromatic carbocycles. The molecule has 19 heavy (non-hydrogen) atoms. The summed E-state index contributed by atoms with van der Waals surface area (Å²) in [5.74, 6) is 0.143. The number of hydrogen-bond donors (Lipinski definition) is 2. The van der Waals surface area contributed by atoms with E-state index in [1.54, 1.807) is 7.11 Å². The molecule has 2 N–H and O–H groups in total. The molecule has 0 aliphatic heterocycles. The minimum atomic E-state index is -0.767. The monoisotopic (exact) mass is 265 g/mol. The van der Waals surface area contributed by atoms with Gasteiger partial charge < -0.3 is 15.2 Å². The molecule has 1 aromatic rings. The van der Waals surface area contributed by atoms with E-state index in [0.29, 0.717) is 0 Å². The van der Waals surface area contributed by atoms with Gasteiger partial charge in [0.15, 0.2) is 0 Å². The molecule has 1 rings (SSSR count). The van der Waals surface area contributed by atoms with Crippen LogP contribution in [0.3, 0.4) is 0 Å². The number of carboxylic acids is 1. The van der Waals surface area contributed by atoms with Gasteiger partial charge >= 0.3 is 5.97 Å². The molecule has 0 bridgehead atoms. The first kappa shape index (κ1) is 15.5. The number of nitrogens with one attached hydrogen (secondary N) is 1. The third-order valence-electron chi connectivity index (χ3n) is 3.42. The van der Waals surface area contributed by atoms with Gasteiger partial charge in [0.1, 0.15) is 5.75 Å². The van der Waals surface area contributed by atoms with Crippen LogP contribution in [0.15, 0.2) is 18.2 Å². The molecule has 0 aliphatic rings. The topological polar surface area (TPSA) is 58.6 Å². The van der Waals surface area contributed by atoms with Crippen molar-refractivity contribution in [2.75, 3.05) is 14.2 Å². The van der Waals surface area contributed by atoms with Gasteiger partial charge in [-0.2, -0.15) is 0 Å². The Bertz CT molecular complexity index is 431. The second-order valence-electron chi connectivity index (χ2n) is 4.77. The maximum Gasteiger partial charge on any atom is 0.303 e. The van der Waals surface area contributed by atoms with Gasteiger partial charge in [0.2, 0.25) is 0 Å². The molecule has 2 unspecified atom stereocenters. The predicted octanol–water partition coefficient (Wildman–Crippen LogP) is 2.63. The number of rotatable bonds is 7. The first-order valence-corrected chi connectivity index (χ1v) is 6.59. The Morgan fingerprint density at radius 2 is 2.16 bits per heavy atom. The minimum absolute atomic E-state index is 0.0283. The Morgan fingerprint density at radius 1 is 1.47 bits per heavy atom. The normalized spacial score (nSPS) is 13.9. The molecular formula is C15H23NO3. The van der Waals surface area contributed by atoms with E-state index in [4.69, 9.17) is 9.84 Å². The Labute approximate surface area is 114 Å². The Kier molecular flexibility index (Phi) is 5.83. The zero-order chi connectivity index (χ0) is 14.4. The lowest BCUT2D eigenvalue weighted by molar-refractivity contribution is -0.138. The number of carbonyl (C=O) groups is 1. The molecule has 0 saturated carbocycles. The molecule has 0 spiro atoms. The van der Waals surface area contributed by atoms with Crippen molar-refractivity contribution in [2.24, 2.45) is 5.92 Å². The van der Waals surface area contributed by atoms with Gasteiger partial charge in [0.05, 0.1) is 7.11 Å². The van der Waals surface area contributed by atoms with Gasteiger partial charge in [0.25, 0.3) is 0 Å². The number of aryl methyl sites for hydroxylation is 1. The summed E-state index contributed by atoms with van der Waals surface area (Å²) in [4.78, 5) is 10.8. The van der Waals surface area contributed by atoms with Gasteiger partial charge in [-0.25, -0.2) is 0 Å². The van der Waals surface area contributed by atoms with Crippen LogP contribution in [-0.2, 0) is 11.2 Å². The maximum absolute atomic E-state index is 10.8. The van der Waals surface area contributed by atoms with Crippen LogP contribution in [-0.4, -0.2) is 25.2 Å². The predicted molar refractivity (Wildman–Crippen MR) is 75.6 cm³/mol. The van der Waals surface area contributed by atoms with E-state index in [-0.39, 0.29) is 18.4 Å². The summed E-state index contributed by atoms with van der Waals surface area (Å²) in [7, 11) is 3.52. The third-order valence-corrected chi connectivity index (χ3v) is 3.42. The summed E-state index contributed by atoms with van der Waals surface area (Å²) in [6.45, 7) is 4.03. The summed E-state index contributed by atoms with van der Waals surface area (Å²) in [6.07, 6.45) is 1.04. The number of carboxylic acid groups (broad SMARTS) is 1. The third kappa shape index (κ3) is 3.96. The Morgan fingerprint density at radius 3 is 2.63 bits per heavy atom. The summed E-state index contributed by atoms with van der Waals surface area (Å²) in [6, 6.07) is 6.08.